The summed E-state index contributed by atoms with van der Waals surface area (Å²) in [6, 6.07) is 16.3. The van der Waals surface area contributed by atoms with Crippen LogP contribution in [-0.2, 0) is 13.5 Å². The fraction of sp³-hybridized carbons (Fsp3) is 0.200. The molecule has 4 heteroatoms. The molecule has 1 aliphatic carbocycles. The van der Waals surface area contributed by atoms with Crippen LogP contribution < -0.4 is 5.32 Å². The Morgan fingerprint density at radius 3 is 2.48 bits per heavy atom. The van der Waals surface area contributed by atoms with E-state index in [4.69, 9.17) is 0 Å². The SMILES string of the molecule is CC.CNC(=O)c1c(C=O)c2c(c3c1c1ccccc1n3C)-c1ccccc1C2. The Bertz CT molecular complexity index is 1280. The lowest BCUT2D eigenvalue weighted by molar-refractivity contribution is 0.0959. The molecular weight excluding hydrogens is 360 g/mol. The third-order valence-corrected chi connectivity index (χ3v) is 5.72. The molecule has 0 radical (unpaired) electrons. The molecule has 1 aromatic heterocycles. The van der Waals surface area contributed by atoms with Gasteiger partial charge < -0.3 is 9.88 Å². The van der Waals surface area contributed by atoms with Crippen LogP contribution in [0.5, 0.6) is 0 Å². The number of fused-ring (bicyclic) bond motifs is 7. The molecule has 0 unspecified atom stereocenters. The highest BCUT2D eigenvalue weighted by atomic mass is 16.1. The van der Waals surface area contributed by atoms with Crippen LogP contribution in [0.3, 0.4) is 0 Å². The number of aromatic nitrogens is 1. The smallest absolute Gasteiger partial charge is 0.252 e. The number of carbonyl (C=O) groups excluding carboxylic acids is 2. The van der Waals surface area contributed by atoms with Gasteiger partial charge in [0.25, 0.3) is 5.91 Å². The quantitative estimate of drug-likeness (QED) is 0.431. The van der Waals surface area contributed by atoms with Gasteiger partial charge in [0, 0.05) is 41.5 Å². The number of nitrogens with one attached hydrogen (secondary N) is 1. The fourth-order valence-electron chi connectivity index (χ4n) is 4.58. The third-order valence-electron chi connectivity index (χ3n) is 5.72. The summed E-state index contributed by atoms with van der Waals surface area (Å²) in [5.74, 6) is -0.225. The van der Waals surface area contributed by atoms with Gasteiger partial charge in [-0.1, -0.05) is 56.3 Å². The van der Waals surface area contributed by atoms with E-state index in [2.05, 4.69) is 28.1 Å². The van der Waals surface area contributed by atoms with Crippen molar-refractivity contribution in [2.75, 3.05) is 7.05 Å². The molecule has 1 aliphatic rings. The number of aldehydes is 1. The summed E-state index contributed by atoms with van der Waals surface area (Å²) in [6.07, 6.45) is 1.51. The Kier molecular flexibility index (Phi) is 4.71. The van der Waals surface area contributed by atoms with Crippen molar-refractivity contribution in [3.8, 4) is 11.1 Å². The van der Waals surface area contributed by atoms with Crippen LogP contribution in [-0.4, -0.2) is 23.8 Å². The number of nitrogens with zero attached hydrogens (tertiary/aromatic N) is 1. The zero-order chi connectivity index (χ0) is 20.7. The summed E-state index contributed by atoms with van der Waals surface area (Å²) in [7, 11) is 3.63. The summed E-state index contributed by atoms with van der Waals surface area (Å²) in [6.45, 7) is 4.00. The molecule has 1 heterocycles. The lowest BCUT2D eigenvalue weighted by Crippen LogP contribution is -2.21. The number of amides is 1. The molecule has 0 aliphatic heterocycles. The average molecular weight is 384 g/mol. The summed E-state index contributed by atoms with van der Waals surface area (Å²) in [4.78, 5) is 25.0. The summed E-state index contributed by atoms with van der Waals surface area (Å²) < 4.78 is 2.15. The van der Waals surface area contributed by atoms with Crippen molar-refractivity contribution in [1.29, 1.82) is 0 Å². The summed E-state index contributed by atoms with van der Waals surface area (Å²) in [5, 5.41) is 4.57. The maximum atomic E-state index is 12.9. The van der Waals surface area contributed by atoms with Crippen LogP contribution in [0.2, 0.25) is 0 Å². The molecular formula is C25H24N2O2. The highest BCUT2D eigenvalue weighted by molar-refractivity contribution is 6.25. The Labute approximate surface area is 170 Å². The van der Waals surface area contributed by atoms with Crippen LogP contribution >= 0.6 is 0 Å². The lowest BCUT2D eigenvalue weighted by atomic mass is 9.91. The molecule has 4 nitrogen and oxygen atoms in total. The minimum Gasteiger partial charge on any atom is -0.355 e. The second kappa shape index (κ2) is 7.21. The van der Waals surface area contributed by atoms with E-state index in [0.29, 0.717) is 17.5 Å². The highest BCUT2D eigenvalue weighted by Crippen LogP contribution is 2.47. The van der Waals surface area contributed by atoms with E-state index in [1.165, 1.54) is 5.56 Å². The van der Waals surface area contributed by atoms with Gasteiger partial charge >= 0.3 is 0 Å². The van der Waals surface area contributed by atoms with Gasteiger partial charge in [-0.25, -0.2) is 0 Å². The molecule has 5 rings (SSSR count). The first-order chi connectivity index (χ1) is 14.2. The van der Waals surface area contributed by atoms with Crippen LogP contribution in [0.1, 0.15) is 45.7 Å². The maximum Gasteiger partial charge on any atom is 0.252 e. The number of rotatable bonds is 2. The molecule has 0 saturated carbocycles. The first-order valence-corrected chi connectivity index (χ1v) is 9.98. The van der Waals surface area contributed by atoms with Crippen LogP contribution in [0.4, 0.5) is 0 Å². The largest absolute Gasteiger partial charge is 0.355 e. The predicted octanol–water partition coefficient (Wildman–Crippen LogP) is 5.10. The molecule has 0 saturated heterocycles. The van der Waals surface area contributed by atoms with Crippen molar-refractivity contribution >= 4 is 34.0 Å². The number of aryl methyl sites for hydroxylation is 1. The molecule has 0 fully saturated rings. The minimum atomic E-state index is -0.225. The molecule has 0 bridgehead atoms. The Morgan fingerprint density at radius 1 is 1.07 bits per heavy atom. The van der Waals surface area contributed by atoms with E-state index in [0.717, 1.165) is 44.8 Å². The summed E-state index contributed by atoms with van der Waals surface area (Å²) >= 11 is 0. The maximum absolute atomic E-state index is 12.9. The van der Waals surface area contributed by atoms with Gasteiger partial charge in [-0.05, 0) is 29.2 Å². The standard InChI is InChI=1S/C23H18N2O2.C2H6/c1-24-23(27)21-17(12-26)16-11-13-7-3-4-8-14(13)19(16)22-20(21)15-9-5-6-10-18(15)25(22)2;1-2/h3-10,12H,11H2,1-2H3,(H,24,27);1-2H3. The van der Waals surface area contributed by atoms with Crippen molar-refractivity contribution < 1.29 is 9.59 Å². The van der Waals surface area contributed by atoms with E-state index >= 15 is 0 Å². The van der Waals surface area contributed by atoms with Gasteiger partial charge in [0.15, 0.2) is 6.29 Å². The zero-order valence-corrected chi connectivity index (χ0v) is 17.2. The molecule has 4 aromatic rings. The van der Waals surface area contributed by atoms with Gasteiger partial charge in [0.2, 0.25) is 0 Å². The molecule has 1 N–H and O–H groups in total. The Morgan fingerprint density at radius 2 is 1.76 bits per heavy atom. The normalized spacial score (nSPS) is 11.6. The van der Waals surface area contributed by atoms with Crippen LogP contribution in [0.25, 0.3) is 32.9 Å². The van der Waals surface area contributed by atoms with E-state index in [9.17, 15) is 9.59 Å². The molecule has 3 aromatic carbocycles. The predicted molar refractivity (Wildman–Crippen MR) is 119 cm³/mol. The first kappa shape index (κ1) is 18.9. The van der Waals surface area contributed by atoms with Crippen molar-refractivity contribution in [2.45, 2.75) is 20.3 Å². The second-order valence-corrected chi connectivity index (χ2v) is 6.97. The number of hydrogen-bond acceptors (Lipinski definition) is 2. The summed E-state index contributed by atoms with van der Waals surface area (Å²) in [5.41, 5.74) is 7.41. The lowest BCUT2D eigenvalue weighted by Gasteiger charge is -2.14. The van der Waals surface area contributed by atoms with Crippen LogP contribution in [0.15, 0.2) is 48.5 Å². The second-order valence-electron chi connectivity index (χ2n) is 6.97. The fourth-order valence-corrected chi connectivity index (χ4v) is 4.58. The minimum absolute atomic E-state index is 0.225. The van der Waals surface area contributed by atoms with Crippen molar-refractivity contribution in [3.05, 3.63) is 70.8 Å². The molecule has 0 spiro atoms. The highest BCUT2D eigenvalue weighted by Gasteiger charge is 2.31. The number of carbonyl (C=O) groups is 2. The average Bonchev–Trinajstić information content (AvgIpc) is 3.29. The van der Waals surface area contributed by atoms with Crippen LogP contribution in [0, 0.1) is 0 Å². The van der Waals surface area contributed by atoms with Crippen molar-refractivity contribution in [1.82, 2.24) is 9.88 Å². The number of hydrogen-bond donors (Lipinski definition) is 1. The van der Waals surface area contributed by atoms with Gasteiger partial charge in [-0.2, -0.15) is 0 Å². The molecule has 146 valence electrons. The molecule has 29 heavy (non-hydrogen) atoms. The third kappa shape index (κ3) is 2.52. The molecule has 0 atom stereocenters. The number of benzene rings is 3. The van der Waals surface area contributed by atoms with Gasteiger partial charge in [-0.3, -0.25) is 9.59 Å². The monoisotopic (exact) mass is 384 g/mol. The van der Waals surface area contributed by atoms with E-state index < -0.39 is 0 Å². The topological polar surface area (TPSA) is 51.1 Å². The van der Waals surface area contributed by atoms with Gasteiger partial charge in [-0.15, -0.1) is 0 Å². The molecule has 1 amide bonds. The number of para-hydroxylation sites is 1. The Hall–Kier alpha value is -3.40. The van der Waals surface area contributed by atoms with Gasteiger partial charge in [0.05, 0.1) is 11.1 Å². The Balaban J connectivity index is 0.000000994. The van der Waals surface area contributed by atoms with E-state index in [1.54, 1.807) is 7.05 Å². The van der Waals surface area contributed by atoms with E-state index in [1.807, 2.05) is 51.2 Å². The first-order valence-electron chi connectivity index (χ1n) is 9.98. The zero-order valence-electron chi connectivity index (χ0n) is 17.2. The van der Waals surface area contributed by atoms with Gasteiger partial charge in [0.1, 0.15) is 0 Å². The van der Waals surface area contributed by atoms with E-state index in [-0.39, 0.29) is 5.91 Å². The van der Waals surface area contributed by atoms with Crippen molar-refractivity contribution in [2.24, 2.45) is 7.05 Å². The van der Waals surface area contributed by atoms with Crippen molar-refractivity contribution in [3.63, 3.8) is 0 Å².